The number of amides is 1. The van der Waals surface area contributed by atoms with Crippen molar-refractivity contribution in [3.8, 4) is 11.4 Å². The minimum absolute atomic E-state index is 0.227. The molecule has 6 nitrogen and oxygen atoms in total. The molecule has 1 saturated heterocycles. The van der Waals surface area contributed by atoms with Crippen LogP contribution in [0.4, 0.5) is 4.79 Å². The fourth-order valence-electron chi connectivity index (χ4n) is 3.13. The number of piperidine rings is 1. The molecule has 1 atom stereocenters. The molecule has 3 heterocycles. The van der Waals surface area contributed by atoms with Gasteiger partial charge in [0.15, 0.2) is 0 Å². The third kappa shape index (κ3) is 3.63. The van der Waals surface area contributed by atoms with Crippen molar-refractivity contribution in [3.63, 3.8) is 0 Å². The van der Waals surface area contributed by atoms with E-state index in [1.807, 2.05) is 55.6 Å². The summed E-state index contributed by atoms with van der Waals surface area (Å²) < 4.78 is 7.55. The Balaban J connectivity index is 1.70. The summed E-state index contributed by atoms with van der Waals surface area (Å²) in [5, 5.41) is 7.60. The Morgan fingerprint density at radius 3 is 2.88 bits per heavy atom. The number of rotatable bonds is 2. The van der Waals surface area contributed by atoms with Crippen LogP contribution < -0.4 is 0 Å². The number of carbonyl (C=O) groups is 1. The standard InChI is InChI=1S/C18H26N4O2/c1-18(2,3)24-17(23)22-10-5-7-13(12-22)14-11-15(20-19-14)16-8-6-9-21(16)4/h6,8-9,11,13H,5,7,10,12H2,1-4H3,(H,19,20)/t13-/m0/s1. The minimum Gasteiger partial charge on any atom is -0.444 e. The molecule has 2 aromatic rings. The van der Waals surface area contributed by atoms with Gasteiger partial charge in [-0.25, -0.2) is 4.79 Å². The second-order valence-electron chi connectivity index (χ2n) is 7.48. The zero-order chi connectivity index (χ0) is 17.3. The first-order chi connectivity index (χ1) is 11.3. The van der Waals surface area contributed by atoms with Gasteiger partial charge in [-0.2, -0.15) is 5.10 Å². The van der Waals surface area contributed by atoms with Crippen molar-refractivity contribution in [2.45, 2.75) is 45.1 Å². The van der Waals surface area contributed by atoms with Crippen molar-refractivity contribution in [2.24, 2.45) is 7.05 Å². The molecule has 0 radical (unpaired) electrons. The van der Waals surface area contributed by atoms with Gasteiger partial charge in [-0.15, -0.1) is 0 Å². The van der Waals surface area contributed by atoms with E-state index < -0.39 is 5.60 Å². The Morgan fingerprint density at radius 2 is 2.21 bits per heavy atom. The average Bonchev–Trinajstić information content (AvgIpc) is 3.14. The topological polar surface area (TPSA) is 63.1 Å². The molecule has 130 valence electrons. The van der Waals surface area contributed by atoms with E-state index in [1.165, 1.54) is 0 Å². The number of ether oxygens (including phenoxy) is 1. The van der Waals surface area contributed by atoms with Crippen LogP contribution in [-0.4, -0.2) is 44.4 Å². The number of H-pyrrole nitrogens is 1. The monoisotopic (exact) mass is 330 g/mol. The Labute approximate surface area is 142 Å². The second-order valence-corrected chi connectivity index (χ2v) is 7.48. The van der Waals surface area contributed by atoms with E-state index >= 15 is 0 Å². The zero-order valence-corrected chi connectivity index (χ0v) is 14.9. The van der Waals surface area contributed by atoms with Gasteiger partial charge >= 0.3 is 6.09 Å². The summed E-state index contributed by atoms with van der Waals surface area (Å²) in [7, 11) is 2.01. The lowest BCUT2D eigenvalue weighted by Gasteiger charge is -2.33. The first-order valence-corrected chi connectivity index (χ1v) is 8.48. The van der Waals surface area contributed by atoms with Gasteiger partial charge in [-0.05, 0) is 51.8 Å². The van der Waals surface area contributed by atoms with Gasteiger partial charge in [-0.1, -0.05) is 0 Å². The molecular weight excluding hydrogens is 304 g/mol. The molecule has 0 saturated carbocycles. The fourth-order valence-corrected chi connectivity index (χ4v) is 3.13. The number of nitrogens with one attached hydrogen (secondary N) is 1. The lowest BCUT2D eigenvalue weighted by molar-refractivity contribution is 0.0197. The minimum atomic E-state index is -0.461. The second kappa shape index (κ2) is 6.34. The van der Waals surface area contributed by atoms with Crippen molar-refractivity contribution in [1.82, 2.24) is 19.7 Å². The highest BCUT2D eigenvalue weighted by molar-refractivity contribution is 5.68. The fraction of sp³-hybridized carbons (Fsp3) is 0.556. The predicted molar refractivity (Wildman–Crippen MR) is 92.8 cm³/mol. The summed E-state index contributed by atoms with van der Waals surface area (Å²) in [6.45, 7) is 7.11. The molecule has 0 aliphatic carbocycles. The molecule has 1 fully saturated rings. The smallest absolute Gasteiger partial charge is 0.410 e. The lowest BCUT2D eigenvalue weighted by atomic mass is 9.95. The van der Waals surface area contributed by atoms with Crippen LogP contribution >= 0.6 is 0 Å². The van der Waals surface area contributed by atoms with E-state index in [0.717, 1.165) is 36.5 Å². The highest BCUT2D eigenvalue weighted by Gasteiger charge is 2.29. The van der Waals surface area contributed by atoms with Crippen molar-refractivity contribution in [2.75, 3.05) is 13.1 Å². The maximum atomic E-state index is 12.3. The number of hydrogen-bond donors (Lipinski definition) is 1. The zero-order valence-electron chi connectivity index (χ0n) is 14.9. The molecular formula is C18H26N4O2. The van der Waals surface area contributed by atoms with E-state index in [1.54, 1.807) is 0 Å². The van der Waals surface area contributed by atoms with Gasteiger partial charge in [0.1, 0.15) is 11.3 Å². The number of aromatic amines is 1. The largest absolute Gasteiger partial charge is 0.444 e. The normalized spacial score (nSPS) is 18.7. The van der Waals surface area contributed by atoms with E-state index in [4.69, 9.17) is 4.74 Å². The van der Waals surface area contributed by atoms with Crippen LogP contribution in [0.1, 0.15) is 45.2 Å². The third-order valence-electron chi connectivity index (χ3n) is 4.32. The third-order valence-corrected chi connectivity index (χ3v) is 4.32. The molecule has 0 aromatic carbocycles. The predicted octanol–water partition coefficient (Wildman–Crippen LogP) is 3.53. The van der Waals surface area contributed by atoms with Crippen LogP contribution in [0, 0.1) is 0 Å². The maximum Gasteiger partial charge on any atom is 0.410 e. The molecule has 24 heavy (non-hydrogen) atoms. The number of nitrogens with zero attached hydrogens (tertiary/aromatic N) is 3. The van der Waals surface area contributed by atoms with E-state index in [0.29, 0.717) is 6.54 Å². The lowest BCUT2D eigenvalue weighted by Crippen LogP contribution is -2.42. The molecule has 1 N–H and O–H groups in total. The van der Waals surface area contributed by atoms with Gasteiger partial charge in [-0.3, -0.25) is 5.10 Å². The SMILES string of the molecule is Cn1cccc1-c1cc([C@H]2CCCN(C(=O)OC(C)(C)C)C2)[nH]n1. The number of carbonyl (C=O) groups excluding carboxylic acids is 1. The summed E-state index contributed by atoms with van der Waals surface area (Å²) in [4.78, 5) is 14.1. The molecule has 1 aliphatic heterocycles. The molecule has 0 spiro atoms. The Kier molecular flexibility index (Phi) is 4.39. The molecule has 3 rings (SSSR count). The number of likely N-dealkylation sites (tertiary alicyclic amines) is 1. The first kappa shape index (κ1) is 16.6. The molecule has 0 bridgehead atoms. The van der Waals surface area contributed by atoms with Gasteiger partial charge < -0.3 is 14.2 Å². The van der Waals surface area contributed by atoms with Crippen LogP contribution in [0.5, 0.6) is 0 Å². The van der Waals surface area contributed by atoms with E-state index in [9.17, 15) is 4.79 Å². The van der Waals surface area contributed by atoms with Crippen molar-refractivity contribution >= 4 is 6.09 Å². The Morgan fingerprint density at radius 1 is 1.42 bits per heavy atom. The van der Waals surface area contributed by atoms with E-state index in [2.05, 4.69) is 16.3 Å². The first-order valence-electron chi connectivity index (χ1n) is 8.48. The summed E-state index contributed by atoms with van der Waals surface area (Å²) in [6.07, 6.45) is 3.81. The molecule has 0 unspecified atom stereocenters. The van der Waals surface area contributed by atoms with Gasteiger partial charge in [0, 0.05) is 37.9 Å². The molecule has 6 heteroatoms. The van der Waals surface area contributed by atoms with Crippen molar-refractivity contribution in [3.05, 3.63) is 30.1 Å². The van der Waals surface area contributed by atoms with Gasteiger partial charge in [0.25, 0.3) is 0 Å². The highest BCUT2D eigenvalue weighted by atomic mass is 16.6. The molecule has 1 aliphatic rings. The number of hydrogen-bond acceptors (Lipinski definition) is 3. The Hall–Kier alpha value is -2.24. The van der Waals surface area contributed by atoms with Gasteiger partial charge in [0.05, 0.1) is 5.69 Å². The summed E-state index contributed by atoms with van der Waals surface area (Å²) >= 11 is 0. The number of aryl methyl sites for hydroxylation is 1. The highest BCUT2D eigenvalue weighted by Crippen LogP contribution is 2.29. The quantitative estimate of drug-likeness (QED) is 0.916. The van der Waals surface area contributed by atoms with Gasteiger partial charge in [0.2, 0.25) is 0 Å². The van der Waals surface area contributed by atoms with E-state index in [-0.39, 0.29) is 12.0 Å². The van der Waals surface area contributed by atoms with Crippen molar-refractivity contribution in [1.29, 1.82) is 0 Å². The summed E-state index contributed by atoms with van der Waals surface area (Å²) in [5.41, 5.74) is 2.64. The van der Waals surface area contributed by atoms with Crippen LogP contribution in [0.25, 0.3) is 11.4 Å². The summed E-state index contributed by atoms with van der Waals surface area (Å²) in [6, 6.07) is 6.15. The van der Waals surface area contributed by atoms with Crippen LogP contribution in [0.2, 0.25) is 0 Å². The van der Waals surface area contributed by atoms with Crippen LogP contribution in [0.3, 0.4) is 0 Å². The Bertz CT molecular complexity index is 711. The molecule has 1 amide bonds. The van der Waals surface area contributed by atoms with Crippen LogP contribution in [-0.2, 0) is 11.8 Å². The summed E-state index contributed by atoms with van der Waals surface area (Å²) in [5.74, 6) is 0.271. The number of aromatic nitrogens is 3. The average molecular weight is 330 g/mol. The van der Waals surface area contributed by atoms with Crippen LogP contribution in [0.15, 0.2) is 24.4 Å². The molecule has 2 aromatic heterocycles. The van der Waals surface area contributed by atoms with Crippen molar-refractivity contribution < 1.29 is 9.53 Å². The maximum absolute atomic E-state index is 12.3.